The molecule has 0 bridgehead atoms. The zero-order valence-electron chi connectivity index (χ0n) is 11.0. The largest absolute Gasteiger partial charge is 0.388 e. The van der Waals surface area contributed by atoms with Crippen molar-refractivity contribution < 1.29 is 5.11 Å². The molecule has 0 aliphatic heterocycles. The van der Waals surface area contributed by atoms with Gasteiger partial charge >= 0.3 is 0 Å². The lowest BCUT2D eigenvalue weighted by atomic mass is 10.0. The van der Waals surface area contributed by atoms with Crippen molar-refractivity contribution in [2.75, 3.05) is 11.4 Å². The molecular formula is C15H18N2OS. The van der Waals surface area contributed by atoms with E-state index < -0.39 is 0 Å². The van der Waals surface area contributed by atoms with Crippen LogP contribution in [-0.2, 0) is 6.42 Å². The molecule has 0 saturated heterocycles. The molecule has 1 N–H and O–H groups in total. The summed E-state index contributed by atoms with van der Waals surface area (Å²) in [7, 11) is 0. The second-order valence-corrected chi connectivity index (χ2v) is 5.80. The van der Waals surface area contributed by atoms with Crippen molar-refractivity contribution in [2.45, 2.75) is 32.3 Å². The van der Waals surface area contributed by atoms with E-state index in [9.17, 15) is 5.11 Å². The van der Waals surface area contributed by atoms with Gasteiger partial charge in [-0.2, -0.15) is 0 Å². The Morgan fingerprint density at radius 2 is 2.16 bits per heavy atom. The summed E-state index contributed by atoms with van der Waals surface area (Å²) in [5, 5.41) is 11.1. The standard InChI is InChI=1S/C15H18N2OS/c1-2-17(11-7-4-3-5-8-11)15-16-12-9-6-10-13(18)14(12)19-15/h3-5,7-8,13,18H,2,6,9-10H2,1H3. The summed E-state index contributed by atoms with van der Waals surface area (Å²) in [6, 6.07) is 10.3. The summed E-state index contributed by atoms with van der Waals surface area (Å²) in [6.07, 6.45) is 2.58. The molecule has 19 heavy (non-hydrogen) atoms. The maximum Gasteiger partial charge on any atom is 0.190 e. The van der Waals surface area contributed by atoms with Crippen molar-refractivity contribution in [2.24, 2.45) is 0 Å². The zero-order valence-corrected chi connectivity index (χ0v) is 11.9. The van der Waals surface area contributed by atoms with Crippen molar-refractivity contribution >= 4 is 22.2 Å². The van der Waals surface area contributed by atoms with Crippen LogP contribution < -0.4 is 4.90 Å². The first-order valence-corrected chi connectivity index (χ1v) is 7.61. The lowest BCUT2D eigenvalue weighted by molar-refractivity contribution is 0.160. The van der Waals surface area contributed by atoms with Crippen molar-refractivity contribution in [1.82, 2.24) is 4.98 Å². The van der Waals surface area contributed by atoms with Gasteiger partial charge in [-0.3, -0.25) is 0 Å². The van der Waals surface area contributed by atoms with E-state index >= 15 is 0 Å². The number of nitrogens with zero attached hydrogens (tertiary/aromatic N) is 2. The smallest absolute Gasteiger partial charge is 0.190 e. The van der Waals surface area contributed by atoms with Gasteiger partial charge in [0.05, 0.1) is 16.7 Å². The molecule has 2 aromatic rings. The molecule has 1 aliphatic carbocycles. The van der Waals surface area contributed by atoms with Gasteiger partial charge in [0.1, 0.15) is 0 Å². The lowest BCUT2D eigenvalue weighted by Gasteiger charge is -2.19. The Morgan fingerprint density at radius 1 is 1.37 bits per heavy atom. The molecule has 0 spiro atoms. The molecule has 100 valence electrons. The minimum absolute atomic E-state index is 0.315. The molecule has 1 aliphatic rings. The summed E-state index contributed by atoms with van der Waals surface area (Å²) >= 11 is 1.64. The van der Waals surface area contributed by atoms with Gasteiger partial charge in [0, 0.05) is 12.2 Å². The van der Waals surface area contributed by atoms with Crippen LogP contribution >= 0.6 is 11.3 Å². The van der Waals surface area contributed by atoms with Gasteiger partial charge in [-0.1, -0.05) is 29.5 Å². The minimum Gasteiger partial charge on any atom is -0.388 e. The van der Waals surface area contributed by atoms with Gasteiger partial charge in [-0.15, -0.1) is 0 Å². The fraction of sp³-hybridized carbons (Fsp3) is 0.400. The SMILES string of the molecule is CCN(c1ccccc1)c1nc2c(s1)C(O)CCC2. The Balaban J connectivity index is 1.97. The first kappa shape index (κ1) is 12.6. The number of aliphatic hydroxyl groups excluding tert-OH is 1. The van der Waals surface area contributed by atoms with Crippen LogP contribution in [0.2, 0.25) is 0 Å². The van der Waals surface area contributed by atoms with E-state index in [0.717, 1.165) is 47.2 Å². The van der Waals surface area contributed by atoms with Gasteiger partial charge in [0.15, 0.2) is 5.13 Å². The molecule has 1 aromatic carbocycles. The van der Waals surface area contributed by atoms with E-state index in [1.807, 2.05) is 18.2 Å². The number of rotatable bonds is 3. The second-order valence-electron chi connectivity index (χ2n) is 4.80. The third kappa shape index (κ3) is 2.38. The van der Waals surface area contributed by atoms with E-state index in [-0.39, 0.29) is 6.10 Å². The number of anilines is 2. The number of hydrogen-bond donors (Lipinski definition) is 1. The molecule has 1 atom stereocenters. The van der Waals surface area contributed by atoms with Crippen LogP contribution in [0.1, 0.15) is 36.4 Å². The van der Waals surface area contributed by atoms with Gasteiger partial charge in [-0.05, 0) is 38.3 Å². The Labute approximate surface area is 117 Å². The molecule has 1 unspecified atom stereocenters. The van der Waals surface area contributed by atoms with Crippen molar-refractivity contribution in [3.63, 3.8) is 0 Å². The number of fused-ring (bicyclic) bond motifs is 1. The average Bonchev–Trinajstić information content (AvgIpc) is 2.86. The molecule has 0 amide bonds. The van der Waals surface area contributed by atoms with Crippen LogP contribution in [0.3, 0.4) is 0 Å². The van der Waals surface area contributed by atoms with Crippen LogP contribution in [0.5, 0.6) is 0 Å². The number of benzene rings is 1. The Kier molecular flexibility index (Phi) is 3.53. The topological polar surface area (TPSA) is 36.4 Å². The van der Waals surface area contributed by atoms with E-state index in [2.05, 4.69) is 24.0 Å². The third-order valence-corrected chi connectivity index (χ3v) is 4.75. The number of para-hydroxylation sites is 1. The number of aryl methyl sites for hydroxylation is 1. The number of aliphatic hydroxyl groups is 1. The van der Waals surface area contributed by atoms with Crippen LogP contribution in [-0.4, -0.2) is 16.6 Å². The molecule has 3 rings (SSSR count). The van der Waals surface area contributed by atoms with Gasteiger partial charge in [0.25, 0.3) is 0 Å². The molecule has 0 radical (unpaired) electrons. The van der Waals surface area contributed by atoms with E-state index in [4.69, 9.17) is 4.98 Å². The van der Waals surface area contributed by atoms with E-state index in [0.29, 0.717) is 0 Å². The van der Waals surface area contributed by atoms with Crippen LogP contribution in [0.15, 0.2) is 30.3 Å². The predicted octanol–water partition coefficient (Wildman–Crippen LogP) is 3.67. The highest BCUT2D eigenvalue weighted by atomic mass is 32.1. The highest BCUT2D eigenvalue weighted by Gasteiger charge is 2.24. The summed E-state index contributed by atoms with van der Waals surface area (Å²) in [4.78, 5) is 8.00. The highest BCUT2D eigenvalue weighted by molar-refractivity contribution is 7.15. The van der Waals surface area contributed by atoms with Crippen molar-refractivity contribution in [3.8, 4) is 0 Å². The average molecular weight is 274 g/mol. The first-order chi connectivity index (χ1) is 9.29. The third-order valence-electron chi connectivity index (χ3n) is 3.53. The first-order valence-electron chi connectivity index (χ1n) is 6.80. The number of hydrogen-bond acceptors (Lipinski definition) is 4. The van der Waals surface area contributed by atoms with Crippen LogP contribution in [0.25, 0.3) is 0 Å². The van der Waals surface area contributed by atoms with E-state index in [1.165, 1.54) is 0 Å². The van der Waals surface area contributed by atoms with Crippen molar-refractivity contribution in [3.05, 3.63) is 40.9 Å². The quantitative estimate of drug-likeness (QED) is 0.927. The monoisotopic (exact) mass is 274 g/mol. The van der Waals surface area contributed by atoms with Gasteiger partial charge < -0.3 is 10.0 Å². The Bertz CT molecular complexity index is 553. The number of aromatic nitrogens is 1. The Morgan fingerprint density at radius 3 is 2.84 bits per heavy atom. The normalized spacial score (nSPS) is 18.1. The maximum absolute atomic E-state index is 10.1. The minimum atomic E-state index is -0.315. The lowest BCUT2D eigenvalue weighted by Crippen LogP contribution is -2.15. The summed E-state index contributed by atoms with van der Waals surface area (Å²) < 4.78 is 0. The van der Waals surface area contributed by atoms with Gasteiger partial charge in [-0.25, -0.2) is 4.98 Å². The second kappa shape index (κ2) is 5.31. The maximum atomic E-state index is 10.1. The molecule has 0 saturated carbocycles. The summed E-state index contributed by atoms with van der Waals surface area (Å²) in [5.41, 5.74) is 2.25. The van der Waals surface area contributed by atoms with Crippen LogP contribution in [0.4, 0.5) is 10.8 Å². The predicted molar refractivity (Wildman–Crippen MR) is 79.1 cm³/mol. The molecule has 1 heterocycles. The molecule has 0 fully saturated rings. The van der Waals surface area contributed by atoms with E-state index in [1.54, 1.807) is 11.3 Å². The number of thiazole rings is 1. The summed E-state index contributed by atoms with van der Waals surface area (Å²) in [5.74, 6) is 0. The fourth-order valence-electron chi connectivity index (χ4n) is 2.54. The zero-order chi connectivity index (χ0) is 13.2. The molecule has 3 nitrogen and oxygen atoms in total. The molecule has 4 heteroatoms. The summed E-state index contributed by atoms with van der Waals surface area (Å²) in [6.45, 7) is 3.01. The molecule has 1 aromatic heterocycles. The van der Waals surface area contributed by atoms with Gasteiger partial charge in [0.2, 0.25) is 0 Å². The fourth-order valence-corrected chi connectivity index (χ4v) is 3.75. The van der Waals surface area contributed by atoms with Crippen molar-refractivity contribution in [1.29, 1.82) is 0 Å². The highest BCUT2D eigenvalue weighted by Crippen LogP contribution is 2.39. The van der Waals surface area contributed by atoms with Crippen LogP contribution in [0, 0.1) is 0 Å². The Hall–Kier alpha value is -1.39. The molecular weight excluding hydrogens is 256 g/mol.